The van der Waals surface area contributed by atoms with Crippen molar-refractivity contribution in [2.24, 2.45) is 0 Å². The molecule has 38 heavy (non-hydrogen) atoms. The van der Waals surface area contributed by atoms with Crippen molar-refractivity contribution in [2.75, 3.05) is 12.0 Å². The molecule has 2 aromatic heterocycles. The molecule has 1 N–H and O–H groups in total. The number of methoxy groups -OCH3 is 1. The Labute approximate surface area is 227 Å². The molecule has 4 aromatic rings. The molecule has 0 spiro atoms. The van der Waals surface area contributed by atoms with E-state index in [1.54, 1.807) is 18.3 Å². The second kappa shape index (κ2) is 9.90. The summed E-state index contributed by atoms with van der Waals surface area (Å²) < 4.78 is 7.18. The maximum Gasteiger partial charge on any atom is 0.296 e. The van der Waals surface area contributed by atoms with Gasteiger partial charge in [0.2, 0.25) is 0 Å². The molecule has 2 atom stereocenters. The molecule has 1 fully saturated rings. The van der Waals surface area contributed by atoms with Gasteiger partial charge in [0.1, 0.15) is 11.4 Å². The van der Waals surface area contributed by atoms with Crippen LogP contribution in [0.25, 0.3) is 5.69 Å². The zero-order valence-electron chi connectivity index (χ0n) is 21.9. The summed E-state index contributed by atoms with van der Waals surface area (Å²) in [6.45, 7) is 8.10. The molecule has 8 nitrogen and oxygen atoms in total. The number of hydrogen-bond donors (Lipinski definition) is 1. The summed E-state index contributed by atoms with van der Waals surface area (Å²) in [5.41, 5.74) is 7.38. The van der Waals surface area contributed by atoms with Crippen LogP contribution >= 0.6 is 12.2 Å². The minimum atomic E-state index is -0.374. The summed E-state index contributed by atoms with van der Waals surface area (Å²) >= 11 is 5.90. The van der Waals surface area contributed by atoms with E-state index in [0.29, 0.717) is 16.5 Å². The Bertz CT molecular complexity index is 1530. The average Bonchev–Trinajstić information content (AvgIpc) is 3.38. The predicted octanol–water partition coefficient (Wildman–Crippen LogP) is 6.20. The van der Waals surface area contributed by atoms with Gasteiger partial charge in [-0.2, -0.15) is 0 Å². The maximum atomic E-state index is 12.0. The summed E-state index contributed by atoms with van der Waals surface area (Å²) in [6.07, 6.45) is 1.78. The Kier molecular flexibility index (Phi) is 6.62. The molecule has 0 amide bonds. The summed E-state index contributed by atoms with van der Waals surface area (Å²) in [5.74, 6) is 0.435. The second-order valence-corrected chi connectivity index (χ2v) is 10.0. The summed E-state index contributed by atoms with van der Waals surface area (Å²) in [4.78, 5) is 18.4. The van der Waals surface area contributed by atoms with Crippen LogP contribution in [0, 0.1) is 37.8 Å². The first-order chi connectivity index (χ1) is 18.2. The number of aromatic nitrogens is 2. The molecule has 1 aliphatic heterocycles. The molecule has 0 radical (unpaired) electrons. The van der Waals surface area contributed by atoms with E-state index in [4.69, 9.17) is 17.0 Å². The zero-order valence-corrected chi connectivity index (χ0v) is 22.7. The van der Waals surface area contributed by atoms with Gasteiger partial charge in [-0.25, -0.2) is 0 Å². The van der Waals surface area contributed by atoms with Gasteiger partial charge in [-0.05, 0) is 99.1 Å². The van der Waals surface area contributed by atoms with Crippen LogP contribution in [0.1, 0.15) is 45.9 Å². The van der Waals surface area contributed by atoms with Crippen LogP contribution in [-0.4, -0.2) is 26.7 Å². The molecule has 0 bridgehead atoms. The van der Waals surface area contributed by atoms with Gasteiger partial charge in [0.05, 0.1) is 35.9 Å². The Morgan fingerprint density at radius 3 is 2.39 bits per heavy atom. The van der Waals surface area contributed by atoms with Crippen molar-refractivity contribution in [3.8, 4) is 11.4 Å². The van der Waals surface area contributed by atoms with E-state index in [2.05, 4.69) is 53.3 Å². The van der Waals surface area contributed by atoms with Crippen LogP contribution in [-0.2, 0) is 0 Å². The van der Waals surface area contributed by atoms with E-state index in [1.807, 2.05) is 36.6 Å². The van der Waals surface area contributed by atoms with Gasteiger partial charge >= 0.3 is 0 Å². The van der Waals surface area contributed by atoms with Gasteiger partial charge in [-0.1, -0.05) is 12.1 Å². The first kappa shape index (κ1) is 25.4. The van der Waals surface area contributed by atoms with Crippen LogP contribution in [0.2, 0.25) is 0 Å². The number of rotatable bonds is 6. The van der Waals surface area contributed by atoms with E-state index in [1.165, 1.54) is 13.2 Å². The lowest BCUT2D eigenvalue weighted by Gasteiger charge is -2.28. The van der Waals surface area contributed by atoms with Crippen LogP contribution in [0.15, 0.2) is 66.9 Å². The van der Waals surface area contributed by atoms with E-state index in [0.717, 1.165) is 39.5 Å². The topological polar surface area (TPSA) is 85.5 Å². The zero-order chi connectivity index (χ0) is 27.1. The fourth-order valence-corrected chi connectivity index (χ4v) is 5.81. The molecule has 2 aromatic carbocycles. The molecule has 9 heteroatoms. The quantitative estimate of drug-likeness (QED) is 0.182. The third kappa shape index (κ3) is 4.39. The molecule has 0 saturated carbocycles. The number of aryl methyl sites for hydroxylation is 3. The Morgan fingerprint density at radius 1 is 1.03 bits per heavy atom. The van der Waals surface area contributed by atoms with E-state index in [9.17, 15) is 10.1 Å². The van der Waals surface area contributed by atoms with Crippen LogP contribution in [0.5, 0.6) is 5.75 Å². The average molecular weight is 528 g/mol. The molecule has 1 saturated heterocycles. The number of anilines is 1. The van der Waals surface area contributed by atoms with Crippen LogP contribution in [0.4, 0.5) is 11.4 Å². The Morgan fingerprint density at radius 2 is 1.76 bits per heavy atom. The third-order valence-electron chi connectivity index (χ3n) is 6.99. The molecule has 1 aliphatic rings. The summed E-state index contributed by atoms with van der Waals surface area (Å²) in [7, 11) is 1.50. The minimum absolute atomic E-state index is 0.0230. The van der Waals surface area contributed by atoms with Gasteiger partial charge in [0, 0.05) is 23.3 Å². The van der Waals surface area contributed by atoms with Gasteiger partial charge in [-0.3, -0.25) is 15.1 Å². The lowest BCUT2D eigenvalue weighted by atomic mass is 9.96. The fourth-order valence-electron chi connectivity index (χ4n) is 5.46. The molecule has 5 rings (SSSR count). The van der Waals surface area contributed by atoms with Crippen molar-refractivity contribution in [3.63, 3.8) is 0 Å². The van der Waals surface area contributed by atoms with Crippen molar-refractivity contribution in [1.82, 2.24) is 14.9 Å². The number of nitro benzene ring substituents is 1. The SMILES string of the molecule is COc1ccc(-n2c(C)cc([C@@H]3[C@H](c4ccccn4)NC(=S)N3c3cc(C)cc(C)c3)c2C)c([N+](=O)[O-])c1. The third-order valence-corrected chi connectivity index (χ3v) is 7.31. The Hall–Kier alpha value is -4.24. The highest BCUT2D eigenvalue weighted by Crippen LogP contribution is 2.44. The van der Waals surface area contributed by atoms with Crippen molar-refractivity contribution < 1.29 is 9.66 Å². The molecule has 0 aliphatic carbocycles. The summed E-state index contributed by atoms with van der Waals surface area (Å²) in [5, 5.41) is 16.1. The smallest absolute Gasteiger partial charge is 0.296 e. The lowest BCUT2D eigenvalue weighted by Crippen LogP contribution is -2.29. The number of hydrogen-bond acceptors (Lipinski definition) is 5. The van der Waals surface area contributed by atoms with Gasteiger partial charge in [0.25, 0.3) is 5.69 Å². The molecule has 3 heterocycles. The standard InChI is InChI=1S/C29H29N5O3S/c1-17-12-18(2)14-21(13-17)33-28(27(31-29(33)38)24-8-6-7-11-30-24)23-15-19(3)32(20(23)4)25-10-9-22(37-5)16-26(25)34(35)36/h6-16,27-28H,1-5H3,(H,31,38)/t27-,28+/m0/s1. The number of benzene rings is 2. The first-order valence-electron chi connectivity index (χ1n) is 12.3. The number of thiocarbonyl (C=S) groups is 1. The summed E-state index contributed by atoms with van der Waals surface area (Å²) in [6, 6.07) is 18.8. The van der Waals surface area contributed by atoms with Crippen LogP contribution < -0.4 is 15.0 Å². The monoisotopic (exact) mass is 527 g/mol. The van der Waals surface area contributed by atoms with Crippen LogP contribution in [0.3, 0.4) is 0 Å². The second-order valence-electron chi connectivity index (χ2n) is 9.62. The number of pyridine rings is 1. The first-order valence-corrected chi connectivity index (χ1v) is 12.7. The number of nitrogens with zero attached hydrogens (tertiary/aromatic N) is 4. The molecular weight excluding hydrogens is 498 g/mol. The van der Waals surface area contributed by atoms with Crippen molar-refractivity contribution >= 4 is 28.7 Å². The predicted molar refractivity (Wildman–Crippen MR) is 152 cm³/mol. The van der Waals surface area contributed by atoms with Crippen molar-refractivity contribution in [2.45, 2.75) is 39.8 Å². The maximum absolute atomic E-state index is 12.0. The van der Waals surface area contributed by atoms with Gasteiger partial charge in [0.15, 0.2) is 5.11 Å². The lowest BCUT2D eigenvalue weighted by molar-refractivity contribution is -0.384. The van der Waals surface area contributed by atoms with Gasteiger partial charge < -0.3 is 19.5 Å². The minimum Gasteiger partial charge on any atom is -0.496 e. The molecule has 0 unspecified atom stereocenters. The van der Waals surface area contributed by atoms with Crippen molar-refractivity contribution in [3.05, 3.63) is 111 Å². The molecular formula is C29H29N5O3S. The normalized spacial score (nSPS) is 17.0. The Balaban J connectivity index is 1.72. The van der Waals surface area contributed by atoms with E-state index in [-0.39, 0.29) is 22.7 Å². The highest BCUT2D eigenvalue weighted by molar-refractivity contribution is 7.80. The number of nitrogens with one attached hydrogen (secondary N) is 1. The number of ether oxygens (including phenoxy) is 1. The molecule has 194 valence electrons. The highest BCUT2D eigenvalue weighted by atomic mass is 32.1. The van der Waals surface area contributed by atoms with Gasteiger partial charge in [-0.15, -0.1) is 0 Å². The van der Waals surface area contributed by atoms with E-state index >= 15 is 0 Å². The van der Waals surface area contributed by atoms with Crippen molar-refractivity contribution in [1.29, 1.82) is 0 Å². The highest BCUT2D eigenvalue weighted by Gasteiger charge is 2.42. The number of nitro groups is 1. The van der Waals surface area contributed by atoms with E-state index < -0.39 is 0 Å². The largest absolute Gasteiger partial charge is 0.496 e. The fraction of sp³-hybridized carbons (Fsp3) is 0.241.